The molecule has 1 fully saturated rings. The van der Waals surface area contributed by atoms with Gasteiger partial charge in [-0.1, -0.05) is 42.5 Å². The Balaban J connectivity index is 1.98. The maximum absolute atomic E-state index is 11.6. The number of hydrogen-bond donors (Lipinski definition) is 1. The molecule has 1 atom stereocenters. The summed E-state index contributed by atoms with van der Waals surface area (Å²) in [5.74, 6) is -1.01. The molecule has 1 aromatic carbocycles. The van der Waals surface area contributed by atoms with Crippen LogP contribution in [0.25, 0.3) is 6.08 Å². The first kappa shape index (κ1) is 12.4. The molecule has 1 amide bonds. The minimum Gasteiger partial charge on any atom is -0.480 e. The van der Waals surface area contributed by atoms with Crippen molar-refractivity contribution in [2.75, 3.05) is 6.54 Å². The molecule has 1 heterocycles. The topological polar surface area (TPSA) is 57.6 Å². The van der Waals surface area contributed by atoms with Crippen LogP contribution in [0.4, 0.5) is 0 Å². The van der Waals surface area contributed by atoms with Gasteiger partial charge in [0.1, 0.15) is 6.04 Å². The largest absolute Gasteiger partial charge is 0.480 e. The molecule has 1 aromatic rings. The fourth-order valence-electron chi connectivity index (χ4n) is 2.09. The molecule has 0 bridgehead atoms. The lowest BCUT2D eigenvalue weighted by atomic mass is 10.2. The predicted octanol–water partition coefficient (Wildman–Crippen LogP) is 1.78. The van der Waals surface area contributed by atoms with E-state index in [0.29, 0.717) is 19.4 Å². The Bertz CT molecular complexity index is 467. The number of hydrogen-bond acceptors (Lipinski definition) is 2. The molecular formula is C14H15NO3. The summed E-state index contributed by atoms with van der Waals surface area (Å²) in [7, 11) is 0. The Morgan fingerprint density at radius 1 is 1.39 bits per heavy atom. The molecule has 4 heteroatoms. The summed E-state index contributed by atoms with van der Waals surface area (Å²) in [6, 6.07) is 9.04. The number of amides is 1. The zero-order valence-corrected chi connectivity index (χ0v) is 9.95. The summed E-state index contributed by atoms with van der Waals surface area (Å²) in [4.78, 5) is 24.0. The van der Waals surface area contributed by atoms with Crippen molar-refractivity contribution >= 4 is 18.0 Å². The summed E-state index contributed by atoms with van der Waals surface area (Å²) in [6.45, 7) is 0.352. The minimum atomic E-state index is -0.922. The maximum Gasteiger partial charge on any atom is 0.326 e. The highest BCUT2D eigenvalue weighted by molar-refractivity contribution is 5.87. The Morgan fingerprint density at radius 3 is 2.78 bits per heavy atom. The highest BCUT2D eigenvalue weighted by Gasteiger charge is 2.34. The van der Waals surface area contributed by atoms with Gasteiger partial charge in [0.2, 0.25) is 5.91 Å². The molecular weight excluding hydrogens is 230 g/mol. The lowest BCUT2D eigenvalue weighted by Crippen LogP contribution is -2.38. The Morgan fingerprint density at radius 2 is 2.11 bits per heavy atom. The first-order chi connectivity index (χ1) is 8.68. The lowest BCUT2D eigenvalue weighted by molar-refractivity contribution is -0.145. The quantitative estimate of drug-likeness (QED) is 0.879. The molecule has 1 N–H and O–H groups in total. The Kier molecular flexibility index (Phi) is 3.77. The second kappa shape index (κ2) is 5.49. The summed E-state index contributed by atoms with van der Waals surface area (Å²) in [5.41, 5.74) is 1.04. The van der Waals surface area contributed by atoms with Crippen molar-refractivity contribution in [3.05, 3.63) is 42.0 Å². The van der Waals surface area contributed by atoms with Crippen molar-refractivity contribution < 1.29 is 14.7 Å². The van der Waals surface area contributed by atoms with Gasteiger partial charge in [-0.05, 0) is 12.0 Å². The van der Waals surface area contributed by atoms with Gasteiger partial charge in [0.25, 0.3) is 0 Å². The number of carbonyl (C=O) groups excluding carboxylic acids is 1. The van der Waals surface area contributed by atoms with Gasteiger partial charge < -0.3 is 10.0 Å². The van der Waals surface area contributed by atoms with Crippen LogP contribution >= 0.6 is 0 Å². The molecule has 0 saturated carbocycles. The Labute approximate surface area is 106 Å². The van der Waals surface area contributed by atoms with Crippen LogP contribution in [0.2, 0.25) is 0 Å². The van der Waals surface area contributed by atoms with E-state index in [4.69, 9.17) is 5.11 Å². The van der Waals surface area contributed by atoms with Crippen LogP contribution < -0.4 is 0 Å². The van der Waals surface area contributed by atoms with Crippen molar-refractivity contribution in [3.63, 3.8) is 0 Å². The molecule has 0 radical (unpaired) electrons. The first-order valence-electron chi connectivity index (χ1n) is 5.92. The SMILES string of the molecule is O=C(O)C1CCC(=O)N1C/C=C/c1ccccc1. The number of likely N-dealkylation sites (tertiary alicyclic amines) is 1. The van der Waals surface area contributed by atoms with Gasteiger partial charge >= 0.3 is 5.97 Å². The van der Waals surface area contributed by atoms with E-state index in [9.17, 15) is 9.59 Å². The fourth-order valence-corrected chi connectivity index (χ4v) is 2.09. The Hall–Kier alpha value is -2.10. The molecule has 1 unspecified atom stereocenters. The third-order valence-electron chi connectivity index (χ3n) is 3.03. The molecule has 0 aromatic heterocycles. The predicted molar refractivity (Wildman–Crippen MR) is 67.8 cm³/mol. The molecule has 2 rings (SSSR count). The smallest absolute Gasteiger partial charge is 0.326 e. The van der Waals surface area contributed by atoms with Gasteiger partial charge in [0, 0.05) is 13.0 Å². The summed E-state index contributed by atoms with van der Waals surface area (Å²) < 4.78 is 0. The third kappa shape index (κ3) is 2.77. The van der Waals surface area contributed by atoms with Crippen molar-refractivity contribution in [3.8, 4) is 0 Å². The number of nitrogens with zero attached hydrogens (tertiary/aromatic N) is 1. The minimum absolute atomic E-state index is 0.0832. The summed E-state index contributed by atoms with van der Waals surface area (Å²) in [6.07, 6.45) is 4.46. The van der Waals surface area contributed by atoms with E-state index in [1.165, 1.54) is 4.90 Å². The van der Waals surface area contributed by atoms with Gasteiger partial charge in [-0.15, -0.1) is 0 Å². The third-order valence-corrected chi connectivity index (χ3v) is 3.03. The van der Waals surface area contributed by atoms with Gasteiger partial charge in [-0.3, -0.25) is 4.79 Å². The second-order valence-electron chi connectivity index (χ2n) is 4.25. The van der Waals surface area contributed by atoms with E-state index in [-0.39, 0.29) is 5.91 Å². The maximum atomic E-state index is 11.6. The van der Waals surface area contributed by atoms with E-state index in [2.05, 4.69) is 0 Å². The zero-order chi connectivity index (χ0) is 13.0. The molecule has 0 spiro atoms. The average molecular weight is 245 g/mol. The van der Waals surface area contributed by atoms with Crippen molar-refractivity contribution in [2.45, 2.75) is 18.9 Å². The molecule has 1 aliphatic heterocycles. The van der Waals surface area contributed by atoms with Crippen LogP contribution in [0.1, 0.15) is 18.4 Å². The van der Waals surface area contributed by atoms with Crippen LogP contribution in [-0.4, -0.2) is 34.5 Å². The lowest BCUT2D eigenvalue weighted by Gasteiger charge is -2.19. The van der Waals surface area contributed by atoms with Gasteiger partial charge in [-0.25, -0.2) is 4.79 Å². The number of rotatable bonds is 4. The standard InChI is InChI=1S/C14H15NO3/c16-13-9-8-12(14(17)18)15(13)10-4-7-11-5-2-1-3-6-11/h1-7,12H,8-10H2,(H,17,18)/b7-4+. The molecule has 4 nitrogen and oxygen atoms in total. The molecule has 0 aliphatic carbocycles. The van der Waals surface area contributed by atoms with E-state index in [1.54, 1.807) is 0 Å². The van der Waals surface area contributed by atoms with Crippen LogP contribution in [0.15, 0.2) is 36.4 Å². The number of aliphatic carboxylic acids is 1. The first-order valence-corrected chi connectivity index (χ1v) is 5.92. The van der Waals surface area contributed by atoms with Crippen LogP contribution in [0, 0.1) is 0 Å². The number of benzene rings is 1. The zero-order valence-electron chi connectivity index (χ0n) is 9.95. The van der Waals surface area contributed by atoms with E-state index >= 15 is 0 Å². The molecule has 94 valence electrons. The normalized spacial score (nSPS) is 19.7. The van der Waals surface area contributed by atoms with Crippen LogP contribution in [-0.2, 0) is 9.59 Å². The van der Waals surface area contributed by atoms with Gasteiger partial charge in [-0.2, -0.15) is 0 Å². The fraction of sp³-hybridized carbons (Fsp3) is 0.286. The second-order valence-corrected chi connectivity index (χ2v) is 4.25. The number of carbonyl (C=O) groups is 2. The summed E-state index contributed by atoms with van der Waals surface area (Å²) in [5, 5.41) is 9.00. The molecule has 1 aliphatic rings. The highest BCUT2D eigenvalue weighted by Crippen LogP contribution is 2.18. The molecule has 18 heavy (non-hydrogen) atoms. The highest BCUT2D eigenvalue weighted by atomic mass is 16.4. The number of carboxylic acid groups (broad SMARTS) is 1. The van der Waals surface area contributed by atoms with Crippen molar-refractivity contribution in [1.29, 1.82) is 0 Å². The number of carboxylic acids is 1. The molecule has 1 saturated heterocycles. The van der Waals surface area contributed by atoms with Crippen molar-refractivity contribution in [2.24, 2.45) is 0 Å². The monoisotopic (exact) mass is 245 g/mol. The van der Waals surface area contributed by atoms with Crippen LogP contribution in [0.5, 0.6) is 0 Å². The van der Waals surface area contributed by atoms with E-state index in [0.717, 1.165) is 5.56 Å². The average Bonchev–Trinajstić information content (AvgIpc) is 2.73. The van der Waals surface area contributed by atoms with E-state index < -0.39 is 12.0 Å². The summed E-state index contributed by atoms with van der Waals surface area (Å²) >= 11 is 0. The van der Waals surface area contributed by atoms with Crippen LogP contribution in [0.3, 0.4) is 0 Å². The van der Waals surface area contributed by atoms with Gasteiger partial charge in [0.05, 0.1) is 0 Å². The van der Waals surface area contributed by atoms with Gasteiger partial charge in [0.15, 0.2) is 0 Å². The van der Waals surface area contributed by atoms with Crippen molar-refractivity contribution in [1.82, 2.24) is 4.90 Å². The van der Waals surface area contributed by atoms with E-state index in [1.807, 2.05) is 42.5 Å².